The largest absolute Gasteiger partial charge is 0.462 e. The molecule has 0 atom stereocenters. The van der Waals surface area contributed by atoms with Gasteiger partial charge >= 0.3 is 11.9 Å². The summed E-state index contributed by atoms with van der Waals surface area (Å²) < 4.78 is 10.3. The van der Waals surface area contributed by atoms with Gasteiger partial charge in [-0.1, -0.05) is 81.8 Å². The van der Waals surface area contributed by atoms with Gasteiger partial charge in [0.2, 0.25) is 0 Å². The third-order valence-corrected chi connectivity index (χ3v) is 3.86. The monoisotopic (exact) mass is 382 g/mol. The second-order valence-corrected chi connectivity index (χ2v) is 6.14. The van der Waals surface area contributed by atoms with Crippen LogP contribution in [0.1, 0.15) is 65.8 Å². The van der Waals surface area contributed by atoms with E-state index in [1.165, 1.54) is 5.56 Å². The Morgan fingerprint density at radius 3 is 1.57 bits per heavy atom. The molecule has 4 heteroatoms. The molecule has 0 radical (unpaired) electrons. The van der Waals surface area contributed by atoms with Crippen molar-refractivity contribution in [1.82, 2.24) is 0 Å². The quantitative estimate of drug-likeness (QED) is 0.398. The average molecular weight is 383 g/mol. The van der Waals surface area contributed by atoms with Crippen molar-refractivity contribution >= 4 is 18.0 Å². The van der Waals surface area contributed by atoms with Crippen LogP contribution in [0.25, 0.3) is 6.08 Å². The highest BCUT2D eigenvalue weighted by Gasteiger charge is 2.18. The van der Waals surface area contributed by atoms with Crippen molar-refractivity contribution in [2.75, 3.05) is 13.2 Å². The second kappa shape index (κ2) is 14.2. The molecule has 0 saturated carbocycles. The molecule has 0 fully saturated rings. The fraction of sp³-hybridized carbons (Fsp3) is 0.333. The normalized spacial score (nSPS) is 9.64. The molecule has 0 aliphatic carbocycles. The van der Waals surface area contributed by atoms with Gasteiger partial charge in [-0.25, -0.2) is 9.59 Å². The molecular formula is C24H30O4. The Hall–Kier alpha value is -2.88. The van der Waals surface area contributed by atoms with Crippen LogP contribution in [-0.2, 0) is 9.47 Å². The van der Waals surface area contributed by atoms with E-state index in [0.29, 0.717) is 13.2 Å². The van der Waals surface area contributed by atoms with Gasteiger partial charge in [-0.15, -0.1) is 0 Å². The van der Waals surface area contributed by atoms with Crippen molar-refractivity contribution in [2.45, 2.75) is 39.5 Å². The Balaban J connectivity index is 0.000000406. The first-order valence-corrected chi connectivity index (χ1v) is 9.74. The third kappa shape index (κ3) is 8.67. The summed E-state index contributed by atoms with van der Waals surface area (Å²) >= 11 is 0. The molecule has 0 amide bonds. The van der Waals surface area contributed by atoms with Crippen LogP contribution in [0.15, 0.2) is 61.2 Å². The first-order valence-electron chi connectivity index (χ1n) is 9.74. The van der Waals surface area contributed by atoms with E-state index in [0.717, 1.165) is 25.7 Å². The molecule has 0 aliphatic heterocycles. The number of hydrogen-bond acceptors (Lipinski definition) is 4. The number of rotatable bonds is 9. The molecule has 0 aromatic heterocycles. The second-order valence-electron chi connectivity index (χ2n) is 6.14. The van der Waals surface area contributed by atoms with Crippen LogP contribution in [0.4, 0.5) is 0 Å². The molecule has 0 spiro atoms. The molecule has 0 aliphatic rings. The smallest absolute Gasteiger partial charge is 0.339 e. The predicted molar refractivity (Wildman–Crippen MR) is 113 cm³/mol. The van der Waals surface area contributed by atoms with Crippen molar-refractivity contribution in [2.24, 2.45) is 0 Å². The lowest BCUT2D eigenvalue weighted by Gasteiger charge is -2.09. The van der Waals surface area contributed by atoms with E-state index in [1.54, 1.807) is 24.3 Å². The lowest BCUT2D eigenvalue weighted by Crippen LogP contribution is -2.14. The molecule has 0 saturated heterocycles. The van der Waals surface area contributed by atoms with E-state index in [1.807, 2.05) is 50.3 Å². The zero-order valence-corrected chi connectivity index (χ0v) is 16.9. The number of hydrogen-bond donors (Lipinski definition) is 0. The van der Waals surface area contributed by atoms with Gasteiger partial charge < -0.3 is 9.47 Å². The Labute approximate surface area is 168 Å². The highest BCUT2D eigenvalue weighted by molar-refractivity contribution is 6.03. The maximum atomic E-state index is 11.9. The third-order valence-electron chi connectivity index (χ3n) is 3.86. The molecule has 0 unspecified atom stereocenters. The topological polar surface area (TPSA) is 52.6 Å². The van der Waals surface area contributed by atoms with Crippen molar-refractivity contribution in [1.29, 1.82) is 0 Å². The van der Waals surface area contributed by atoms with Crippen LogP contribution in [0, 0.1) is 0 Å². The van der Waals surface area contributed by atoms with Gasteiger partial charge in [0.15, 0.2) is 0 Å². The van der Waals surface area contributed by atoms with Crippen molar-refractivity contribution in [3.63, 3.8) is 0 Å². The summed E-state index contributed by atoms with van der Waals surface area (Å²) in [6.07, 6.45) is 5.37. The van der Waals surface area contributed by atoms with Crippen LogP contribution in [0.3, 0.4) is 0 Å². The molecule has 2 rings (SSSR count). The highest BCUT2D eigenvalue weighted by Crippen LogP contribution is 2.12. The lowest BCUT2D eigenvalue weighted by atomic mass is 10.1. The first-order chi connectivity index (χ1) is 13.6. The minimum atomic E-state index is -0.471. The van der Waals surface area contributed by atoms with E-state index in [9.17, 15) is 9.59 Å². The van der Waals surface area contributed by atoms with Gasteiger partial charge in [0.1, 0.15) is 0 Å². The fourth-order valence-corrected chi connectivity index (χ4v) is 2.20. The Bertz CT molecular complexity index is 681. The summed E-state index contributed by atoms with van der Waals surface area (Å²) in [6, 6.07) is 16.6. The molecular weight excluding hydrogens is 352 g/mol. The summed E-state index contributed by atoms with van der Waals surface area (Å²) in [5.74, 6) is -0.942. The van der Waals surface area contributed by atoms with Crippen molar-refractivity contribution in [3.8, 4) is 0 Å². The molecule has 0 bridgehead atoms. The van der Waals surface area contributed by atoms with Gasteiger partial charge in [0.05, 0.1) is 24.3 Å². The number of carbonyl (C=O) groups excluding carboxylic acids is 2. The van der Waals surface area contributed by atoms with Crippen molar-refractivity contribution in [3.05, 3.63) is 77.9 Å². The molecule has 150 valence electrons. The van der Waals surface area contributed by atoms with Gasteiger partial charge in [-0.2, -0.15) is 0 Å². The Morgan fingerprint density at radius 1 is 0.786 bits per heavy atom. The number of unbranched alkanes of at least 4 members (excludes halogenated alkanes) is 2. The number of esters is 2. The zero-order valence-electron chi connectivity index (χ0n) is 16.9. The van der Waals surface area contributed by atoms with Crippen molar-refractivity contribution < 1.29 is 19.1 Å². The predicted octanol–water partition coefficient (Wildman–Crippen LogP) is 5.93. The molecule has 28 heavy (non-hydrogen) atoms. The van der Waals surface area contributed by atoms with Crippen LogP contribution < -0.4 is 0 Å². The van der Waals surface area contributed by atoms with E-state index in [-0.39, 0.29) is 11.1 Å². The van der Waals surface area contributed by atoms with E-state index in [2.05, 4.69) is 6.58 Å². The number of carbonyl (C=O) groups is 2. The van der Waals surface area contributed by atoms with Crippen LogP contribution >= 0.6 is 0 Å². The SMILES string of the molecule is C=Cc1ccccc1.CCCCOC(=O)c1ccccc1C(=O)OCCCC. The van der Waals surface area contributed by atoms with E-state index >= 15 is 0 Å². The Kier molecular flexibility index (Phi) is 11.8. The maximum Gasteiger partial charge on any atom is 0.339 e. The van der Waals surface area contributed by atoms with Crippen LogP contribution in [0.5, 0.6) is 0 Å². The molecule has 0 N–H and O–H groups in total. The summed E-state index contributed by atoms with van der Waals surface area (Å²) in [5.41, 5.74) is 1.71. The molecule has 2 aromatic rings. The van der Waals surface area contributed by atoms with Crippen LogP contribution in [-0.4, -0.2) is 25.2 Å². The van der Waals surface area contributed by atoms with E-state index < -0.39 is 11.9 Å². The number of benzene rings is 2. The van der Waals surface area contributed by atoms with Crippen LogP contribution in [0.2, 0.25) is 0 Å². The van der Waals surface area contributed by atoms with Gasteiger partial charge in [0, 0.05) is 0 Å². The fourth-order valence-electron chi connectivity index (χ4n) is 2.20. The average Bonchev–Trinajstić information content (AvgIpc) is 2.75. The van der Waals surface area contributed by atoms with Gasteiger partial charge in [-0.05, 0) is 30.5 Å². The summed E-state index contributed by atoms with van der Waals surface area (Å²) in [7, 11) is 0. The van der Waals surface area contributed by atoms with Gasteiger partial charge in [-0.3, -0.25) is 0 Å². The molecule has 0 heterocycles. The molecule has 4 nitrogen and oxygen atoms in total. The minimum Gasteiger partial charge on any atom is -0.462 e. The zero-order chi connectivity index (χ0) is 20.6. The first kappa shape index (κ1) is 23.2. The summed E-state index contributed by atoms with van der Waals surface area (Å²) in [6.45, 7) is 8.41. The van der Waals surface area contributed by atoms with E-state index in [4.69, 9.17) is 9.47 Å². The summed E-state index contributed by atoms with van der Waals surface area (Å²) in [4.78, 5) is 23.9. The standard InChI is InChI=1S/C16H22O4.C8H8/c1-3-5-11-19-15(17)13-9-7-8-10-14(13)16(18)20-12-6-4-2;1-2-8-6-4-3-5-7-8/h7-10H,3-6,11-12H2,1-2H3;2-7H,1H2. The number of ether oxygens (including phenoxy) is 2. The minimum absolute atomic E-state index is 0.269. The highest BCUT2D eigenvalue weighted by atomic mass is 16.5. The lowest BCUT2D eigenvalue weighted by molar-refractivity contribution is 0.0452. The van der Waals surface area contributed by atoms with Gasteiger partial charge in [0.25, 0.3) is 0 Å². The Morgan fingerprint density at radius 2 is 1.21 bits per heavy atom. The summed E-state index contributed by atoms with van der Waals surface area (Å²) in [5, 5.41) is 0. The molecule has 2 aromatic carbocycles. The maximum absolute atomic E-state index is 11.9.